The minimum absolute atomic E-state index is 0.490. The zero-order valence-electron chi connectivity index (χ0n) is 11.2. The van der Waals surface area contributed by atoms with E-state index in [9.17, 15) is 0 Å². The third kappa shape index (κ3) is 4.10. The SMILES string of the molecule is COc1ccc(CN=C(NN)NC2CCCC2)cn1. The number of ether oxygens (including phenoxy) is 1. The Morgan fingerprint density at radius 3 is 2.84 bits per heavy atom. The molecule has 1 aromatic heterocycles. The zero-order chi connectivity index (χ0) is 13.5. The Morgan fingerprint density at radius 2 is 2.26 bits per heavy atom. The Kier molecular flexibility index (Phi) is 4.97. The Balaban J connectivity index is 1.89. The summed E-state index contributed by atoms with van der Waals surface area (Å²) in [6.45, 7) is 0.538. The molecule has 0 bridgehead atoms. The van der Waals surface area contributed by atoms with Crippen molar-refractivity contribution < 1.29 is 4.74 Å². The highest BCUT2D eigenvalue weighted by Gasteiger charge is 2.15. The average Bonchev–Trinajstić information content (AvgIpc) is 2.97. The molecule has 0 amide bonds. The van der Waals surface area contributed by atoms with Crippen molar-refractivity contribution in [3.8, 4) is 5.88 Å². The molecule has 0 aliphatic heterocycles. The predicted molar refractivity (Wildman–Crippen MR) is 74.6 cm³/mol. The fourth-order valence-corrected chi connectivity index (χ4v) is 2.19. The fraction of sp³-hybridized carbons (Fsp3) is 0.538. The van der Waals surface area contributed by atoms with Gasteiger partial charge in [-0.2, -0.15) is 0 Å². The lowest BCUT2D eigenvalue weighted by Gasteiger charge is -2.14. The summed E-state index contributed by atoms with van der Waals surface area (Å²) in [5.74, 6) is 6.73. The molecule has 0 unspecified atom stereocenters. The van der Waals surface area contributed by atoms with Crippen LogP contribution in [0.3, 0.4) is 0 Å². The van der Waals surface area contributed by atoms with Gasteiger partial charge in [0.2, 0.25) is 11.8 Å². The summed E-state index contributed by atoms with van der Waals surface area (Å²) >= 11 is 0. The molecule has 0 saturated heterocycles. The highest BCUT2D eigenvalue weighted by Crippen LogP contribution is 2.17. The number of aliphatic imine (C=N–C) groups is 1. The number of rotatable bonds is 4. The van der Waals surface area contributed by atoms with Crippen LogP contribution < -0.4 is 21.3 Å². The van der Waals surface area contributed by atoms with Gasteiger partial charge in [0.15, 0.2) is 0 Å². The lowest BCUT2D eigenvalue weighted by atomic mass is 10.2. The minimum Gasteiger partial charge on any atom is -0.481 e. The van der Waals surface area contributed by atoms with E-state index < -0.39 is 0 Å². The number of aromatic nitrogens is 1. The number of hydrogen-bond donors (Lipinski definition) is 3. The number of nitrogens with one attached hydrogen (secondary N) is 2. The standard InChI is InChI=1S/C13H21N5O/c1-19-12-7-6-10(8-15-12)9-16-13(18-14)17-11-4-2-3-5-11/h6-8,11H,2-5,9,14H2,1H3,(H2,16,17,18). The summed E-state index contributed by atoms with van der Waals surface area (Å²) in [4.78, 5) is 8.56. The van der Waals surface area contributed by atoms with Crippen molar-refractivity contribution in [2.75, 3.05) is 7.11 Å². The number of nitrogens with two attached hydrogens (primary N) is 1. The summed E-state index contributed by atoms with van der Waals surface area (Å²) in [6.07, 6.45) is 6.68. The third-order valence-corrected chi connectivity index (χ3v) is 3.26. The van der Waals surface area contributed by atoms with Crippen LogP contribution in [0.4, 0.5) is 0 Å². The second-order valence-electron chi connectivity index (χ2n) is 4.64. The van der Waals surface area contributed by atoms with E-state index in [1.807, 2.05) is 12.1 Å². The van der Waals surface area contributed by atoms with Crippen molar-refractivity contribution in [1.82, 2.24) is 15.7 Å². The second kappa shape index (κ2) is 6.94. The third-order valence-electron chi connectivity index (χ3n) is 3.26. The maximum absolute atomic E-state index is 5.48. The maximum atomic E-state index is 5.48. The molecule has 19 heavy (non-hydrogen) atoms. The topological polar surface area (TPSA) is 84.6 Å². The Bertz CT molecular complexity index is 412. The molecule has 1 aliphatic rings. The molecular weight excluding hydrogens is 242 g/mol. The lowest BCUT2D eigenvalue weighted by molar-refractivity contribution is 0.397. The number of methoxy groups -OCH3 is 1. The molecule has 1 heterocycles. The largest absolute Gasteiger partial charge is 0.481 e. The molecule has 1 aromatic rings. The summed E-state index contributed by atoms with van der Waals surface area (Å²) in [5.41, 5.74) is 3.63. The van der Waals surface area contributed by atoms with Crippen molar-refractivity contribution in [2.45, 2.75) is 38.3 Å². The van der Waals surface area contributed by atoms with Gasteiger partial charge in [-0.25, -0.2) is 15.8 Å². The Hall–Kier alpha value is -1.82. The van der Waals surface area contributed by atoms with E-state index in [-0.39, 0.29) is 0 Å². The molecule has 4 N–H and O–H groups in total. The van der Waals surface area contributed by atoms with Gasteiger partial charge in [0.1, 0.15) is 0 Å². The van der Waals surface area contributed by atoms with Crippen LogP contribution in [0.25, 0.3) is 0 Å². The van der Waals surface area contributed by atoms with Crippen molar-refractivity contribution in [3.05, 3.63) is 23.9 Å². The first kappa shape index (κ1) is 13.6. The van der Waals surface area contributed by atoms with Gasteiger partial charge in [-0.05, 0) is 18.4 Å². The van der Waals surface area contributed by atoms with E-state index in [0.29, 0.717) is 24.4 Å². The van der Waals surface area contributed by atoms with Crippen LogP contribution >= 0.6 is 0 Å². The summed E-state index contributed by atoms with van der Waals surface area (Å²) in [7, 11) is 1.60. The molecule has 2 rings (SSSR count). The van der Waals surface area contributed by atoms with Gasteiger partial charge in [0.05, 0.1) is 13.7 Å². The van der Waals surface area contributed by atoms with E-state index >= 15 is 0 Å². The van der Waals surface area contributed by atoms with Gasteiger partial charge >= 0.3 is 0 Å². The van der Waals surface area contributed by atoms with Gasteiger partial charge in [-0.15, -0.1) is 0 Å². The van der Waals surface area contributed by atoms with E-state index in [1.165, 1.54) is 25.7 Å². The molecule has 1 saturated carbocycles. The summed E-state index contributed by atoms with van der Waals surface area (Å²) in [6, 6.07) is 4.26. The van der Waals surface area contributed by atoms with Crippen LogP contribution in [0.1, 0.15) is 31.2 Å². The zero-order valence-corrected chi connectivity index (χ0v) is 11.2. The van der Waals surface area contributed by atoms with E-state index in [4.69, 9.17) is 10.6 Å². The van der Waals surface area contributed by atoms with Crippen LogP contribution in [-0.2, 0) is 6.54 Å². The fourth-order valence-electron chi connectivity index (χ4n) is 2.19. The second-order valence-corrected chi connectivity index (χ2v) is 4.64. The number of guanidine groups is 1. The molecule has 6 heteroatoms. The molecule has 0 radical (unpaired) electrons. The van der Waals surface area contributed by atoms with Crippen molar-refractivity contribution in [2.24, 2.45) is 10.8 Å². The first-order valence-electron chi connectivity index (χ1n) is 6.58. The summed E-state index contributed by atoms with van der Waals surface area (Å²) < 4.78 is 5.01. The van der Waals surface area contributed by atoms with Crippen LogP contribution in [0.5, 0.6) is 5.88 Å². The monoisotopic (exact) mass is 263 g/mol. The van der Waals surface area contributed by atoms with Crippen LogP contribution in [-0.4, -0.2) is 24.1 Å². The first-order chi connectivity index (χ1) is 9.31. The van der Waals surface area contributed by atoms with Gasteiger partial charge < -0.3 is 10.1 Å². The smallest absolute Gasteiger partial charge is 0.212 e. The average molecular weight is 263 g/mol. The Morgan fingerprint density at radius 1 is 1.47 bits per heavy atom. The molecule has 0 atom stereocenters. The molecule has 104 valence electrons. The molecule has 1 fully saturated rings. The first-order valence-corrected chi connectivity index (χ1v) is 6.58. The number of nitrogens with zero attached hydrogens (tertiary/aromatic N) is 2. The highest BCUT2D eigenvalue weighted by atomic mass is 16.5. The van der Waals surface area contributed by atoms with Gasteiger partial charge in [-0.3, -0.25) is 5.43 Å². The lowest BCUT2D eigenvalue weighted by Crippen LogP contribution is -2.45. The molecule has 1 aliphatic carbocycles. The highest BCUT2D eigenvalue weighted by molar-refractivity contribution is 5.79. The number of pyridine rings is 1. The summed E-state index contributed by atoms with van der Waals surface area (Å²) in [5, 5.41) is 3.33. The van der Waals surface area contributed by atoms with Crippen molar-refractivity contribution in [3.63, 3.8) is 0 Å². The normalized spacial score (nSPS) is 16.4. The number of hydrazine groups is 1. The van der Waals surface area contributed by atoms with Crippen LogP contribution in [0.2, 0.25) is 0 Å². The van der Waals surface area contributed by atoms with Gasteiger partial charge in [-0.1, -0.05) is 18.9 Å². The van der Waals surface area contributed by atoms with E-state index in [2.05, 4.69) is 20.7 Å². The van der Waals surface area contributed by atoms with Crippen molar-refractivity contribution in [1.29, 1.82) is 0 Å². The molecular formula is C13H21N5O. The Labute approximate surface area is 113 Å². The molecule has 6 nitrogen and oxygen atoms in total. The minimum atomic E-state index is 0.490. The van der Waals surface area contributed by atoms with Crippen LogP contribution in [0, 0.1) is 0 Å². The number of hydrogen-bond acceptors (Lipinski definition) is 4. The maximum Gasteiger partial charge on any atom is 0.212 e. The quantitative estimate of drug-likeness (QED) is 0.326. The van der Waals surface area contributed by atoms with Gasteiger partial charge in [0, 0.05) is 18.3 Å². The van der Waals surface area contributed by atoms with Crippen molar-refractivity contribution >= 4 is 5.96 Å². The van der Waals surface area contributed by atoms with Gasteiger partial charge in [0.25, 0.3) is 0 Å². The van der Waals surface area contributed by atoms with Crippen LogP contribution in [0.15, 0.2) is 23.3 Å². The van der Waals surface area contributed by atoms with E-state index in [0.717, 1.165) is 5.56 Å². The molecule has 0 aromatic carbocycles. The molecule has 0 spiro atoms. The predicted octanol–water partition coefficient (Wildman–Crippen LogP) is 0.942. The van der Waals surface area contributed by atoms with E-state index in [1.54, 1.807) is 13.3 Å².